The van der Waals surface area contributed by atoms with Crippen LogP contribution in [0.4, 0.5) is 8.78 Å². The van der Waals surface area contributed by atoms with E-state index in [1.54, 1.807) is 24.3 Å². The van der Waals surface area contributed by atoms with Crippen molar-refractivity contribution < 1.29 is 18.7 Å². The molecule has 0 fully saturated rings. The van der Waals surface area contributed by atoms with Gasteiger partial charge < -0.3 is 5.11 Å². The Morgan fingerprint density at radius 3 is 1.65 bits per heavy atom. The van der Waals surface area contributed by atoms with Crippen LogP contribution in [0.2, 0.25) is 0 Å². The van der Waals surface area contributed by atoms with E-state index in [1.165, 1.54) is 30.3 Å². The summed E-state index contributed by atoms with van der Waals surface area (Å²) in [6, 6.07) is 11.4. The molecule has 102 valence electrons. The molecule has 0 unspecified atom stereocenters. The molecule has 20 heavy (non-hydrogen) atoms. The molecule has 2 rings (SSSR count). The van der Waals surface area contributed by atoms with Gasteiger partial charge in [-0.15, -0.1) is 0 Å². The number of halogens is 2. The van der Waals surface area contributed by atoms with Crippen LogP contribution in [-0.4, -0.2) is 11.1 Å². The number of carbonyl (C=O) groups is 1. The summed E-state index contributed by atoms with van der Waals surface area (Å²) in [6.07, 6.45) is 1.37. The minimum Gasteiger partial charge on any atom is -0.481 e. The number of benzene rings is 2. The maximum absolute atomic E-state index is 13.0. The molecule has 0 spiro atoms. The van der Waals surface area contributed by atoms with E-state index in [2.05, 4.69) is 0 Å². The van der Waals surface area contributed by atoms with Gasteiger partial charge in [-0.2, -0.15) is 0 Å². The first-order valence-corrected chi connectivity index (χ1v) is 6.00. The van der Waals surface area contributed by atoms with E-state index in [9.17, 15) is 13.6 Å². The van der Waals surface area contributed by atoms with Crippen molar-refractivity contribution in [2.75, 3.05) is 0 Å². The van der Waals surface area contributed by atoms with E-state index in [0.29, 0.717) is 16.7 Å². The molecule has 0 heterocycles. The van der Waals surface area contributed by atoms with Crippen molar-refractivity contribution in [1.82, 2.24) is 0 Å². The molecule has 0 aliphatic heterocycles. The van der Waals surface area contributed by atoms with Gasteiger partial charge in [0.2, 0.25) is 0 Å². The van der Waals surface area contributed by atoms with Gasteiger partial charge in [-0.05, 0) is 41.0 Å². The van der Waals surface area contributed by atoms with Crippen molar-refractivity contribution in [2.45, 2.75) is 6.42 Å². The van der Waals surface area contributed by atoms with Crippen LogP contribution in [0.5, 0.6) is 0 Å². The van der Waals surface area contributed by atoms with Crippen LogP contribution in [0.25, 0.3) is 5.57 Å². The summed E-state index contributed by atoms with van der Waals surface area (Å²) in [5, 5.41) is 8.78. The molecule has 1 N–H and O–H groups in total. The third kappa shape index (κ3) is 3.51. The van der Waals surface area contributed by atoms with Gasteiger partial charge in [0, 0.05) is 0 Å². The van der Waals surface area contributed by atoms with Gasteiger partial charge in [0.15, 0.2) is 0 Å². The number of aliphatic carboxylic acids is 1. The molecule has 0 amide bonds. The number of rotatable bonds is 4. The summed E-state index contributed by atoms with van der Waals surface area (Å²) < 4.78 is 25.9. The third-order valence-corrected chi connectivity index (χ3v) is 2.79. The molecule has 0 saturated heterocycles. The third-order valence-electron chi connectivity index (χ3n) is 2.79. The fraction of sp³-hybridized carbons (Fsp3) is 0.0625. The van der Waals surface area contributed by atoms with Gasteiger partial charge in [0.25, 0.3) is 0 Å². The highest BCUT2D eigenvalue weighted by atomic mass is 19.1. The lowest BCUT2D eigenvalue weighted by Crippen LogP contribution is -1.94. The Morgan fingerprint density at radius 2 is 1.30 bits per heavy atom. The molecule has 0 aliphatic carbocycles. The summed E-state index contributed by atoms with van der Waals surface area (Å²) in [6.45, 7) is 0. The van der Waals surface area contributed by atoms with Gasteiger partial charge >= 0.3 is 5.97 Å². The van der Waals surface area contributed by atoms with E-state index in [4.69, 9.17) is 5.11 Å². The van der Waals surface area contributed by atoms with E-state index in [-0.39, 0.29) is 18.1 Å². The normalized spacial score (nSPS) is 10.1. The minimum atomic E-state index is -0.966. The van der Waals surface area contributed by atoms with Crippen LogP contribution >= 0.6 is 0 Å². The molecule has 2 aromatic rings. The summed E-state index contributed by atoms with van der Waals surface area (Å²) in [4.78, 5) is 10.7. The zero-order chi connectivity index (χ0) is 14.5. The Labute approximate surface area is 115 Å². The fourth-order valence-corrected chi connectivity index (χ4v) is 1.85. The number of hydrogen-bond acceptors (Lipinski definition) is 1. The Hall–Kier alpha value is -2.49. The van der Waals surface area contributed by atoms with Gasteiger partial charge in [-0.3, -0.25) is 4.79 Å². The molecule has 2 nitrogen and oxygen atoms in total. The lowest BCUT2D eigenvalue weighted by Gasteiger charge is -2.08. The number of carboxylic acids is 1. The number of carboxylic acid groups (broad SMARTS) is 1. The zero-order valence-corrected chi connectivity index (χ0v) is 10.5. The van der Waals surface area contributed by atoms with Gasteiger partial charge in [-0.1, -0.05) is 30.3 Å². The molecule has 4 heteroatoms. The Kier molecular flexibility index (Phi) is 4.25. The van der Waals surface area contributed by atoms with Crippen molar-refractivity contribution in [2.24, 2.45) is 0 Å². The van der Waals surface area contributed by atoms with Gasteiger partial charge in [0.1, 0.15) is 11.6 Å². The average Bonchev–Trinajstić information content (AvgIpc) is 2.42. The molecule has 0 aliphatic rings. The first-order valence-electron chi connectivity index (χ1n) is 6.00. The van der Waals surface area contributed by atoms with Crippen LogP contribution in [0.1, 0.15) is 17.5 Å². The standard InChI is InChI=1S/C16H12F2O2/c17-13-5-1-11(2-6-13)15(9-10-16(19)20)12-3-7-14(18)8-4-12/h1-9H,10H2,(H,19,20). The monoisotopic (exact) mass is 274 g/mol. The summed E-state index contributed by atoms with van der Waals surface area (Å²) >= 11 is 0. The second-order valence-corrected chi connectivity index (χ2v) is 4.23. The Bertz CT molecular complexity index is 581. The highest BCUT2D eigenvalue weighted by Gasteiger charge is 2.07. The Morgan fingerprint density at radius 1 is 0.900 bits per heavy atom. The second-order valence-electron chi connectivity index (χ2n) is 4.23. The molecule has 2 aromatic carbocycles. The van der Waals surface area contributed by atoms with E-state index in [1.807, 2.05) is 0 Å². The first kappa shape index (κ1) is 13.9. The van der Waals surface area contributed by atoms with Crippen molar-refractivity contribution in [3.8, 4) is 0 Å². The molecule has 0 aromatic heterocycles. The minimum absolute atomic E-state index is 0.163. The fourth-order valence-electron chi connectivity index (χ4n) is 1.85. The lowest BCUT2D eigenvalue weighted by atomic mass is 9.97. The predicted octanol–water partition coefficient (Wildman–Crippen LogP) is 3.87. The molecular weight excluding hydrogens is 262 g/mol. The summed E-state index contributed by atoms with van der Waals surface area (Å²) in [5.41, 5.74) is 1.99. The maximum atomic E-state index is 13.0. The van der Waals surface area contributed by atoms with Gasteiger partial charge in [0.05, 0.1) is 6.42 Å². The molecular formula is C16H12F2O2. The number of hydrogen-bond donors (Lipinski definition) is 1. The van der Waals surface area contributed by atoms with E-state index < -0.39 is 5.97 Å². The Balaban J connectivity index is 2.44. The van der Waals surface area contributed by atoms with Gasteiger partial charge in [-0.25, -0.2) is 8.78 Å². The average molecular weight is 274 g/mol. The maximum Gasteiger partial charge on any atom is 0.307 e. The van der Waals surface area contributed by atoms with Crippen molar-refractivity contribution in [3.63, 3.8) is 0 Å². The smallest absolute Gasteiger partial charge is 0.307 e. The molecule has 0 atom stereocenters. The summed E-state index contributed by atoms with van der Waals surface area (Å²) in [5.74, 6) is -1.71. The van der Waals surface area contributed by atoms with Crippen molar-refractivity contribution >= 4 is 11.5 Å². The molecule has 0 radical (unpaired) electrons. The second kappa shape index (κ2) is 6.10. The van der Waals surface area contributed by atoms with E-state index >= 15 is 0 Å². The van der Waals surface area contributed by atoms with Crippen LogP contribution < -0.4 is 0 Å². The zero-order valence-electron chi connectivity index (χ0n) is 10.5. The highest BCUT2D eigenvalue weighted by Crippen LogP contribution is 2.24. The molecule has 0 bridgehead atoms. The van der Waals surface area contributed by atoms with Crippen LogP contribution in [-0.2, 0) is 4.79 Å². The van der Waals surface area contributed by atoms with E-state index in [0.717, 1.165) is 0 Å². The van der Waals surface area contributed by atoms with Crippen molar-refractivity contribution in [3.05, 3.63) is 77.4 Å². The SMILES string of the molecule is O=C(O)CC=C(c1ccc(F)cc1)c1ccc(F)cc1. The van der Waals surface area contributed by atoms with Crippen LogP contribution in [0.15, 0.2) is 54.6 Å². The predicted molar refractivity (Wildman–Crippen MR) is 72.1 cm³/mol. The molecule has 0 saturated carbocycles. The van der Waals surface area contributed by atoms with Crippen LogP contribution in [0.3, 0.4) is 0 Å². The van der Waals surface area contributed by atoms with Crippen LogP contribution in [0, 0.1) is 11.6 Å². The quantitative estimate of drug-likeness (QED) is 0.918. The van der Waals surface area contributed by atoms with Crippen molar-refractivity contribution in [1.29, 1.82) is 0 Å². The highest BCUT2D eigenvalue weighted by molar-refractivity contribution is 5.82. The first-order chi connectivity index (χ1) is 9.56. The summed E-state index contributed by atoms with van der Waals surface area (Å²) in [7, 11) is 0. The largest absolute Gasteiger partial charge is 0.481 e. The lowest BCUT2D eigenvalue weighted by molar-refractivity contribution is -0.135. The topological polar surface area (TPSA) is 37.3 Å².